The lowest BCUT2D eigenvalue weighted by atomic mass is 10.2. The Balaban J connectivity index is 2.51. The fourth-order valence-electron chi connectivity index (χ4n) is 1.19. The van der Waals surface area contributed by atoms with Crippen molar-refractivity contribution in [3.8, 4) is 5.75 Å². The van der Waals surface area contributed by atoms with Crippen molar-refractivity contribution in [3.05, 3.63) is 29.8 Å². The molecular formula is C12H15NO3. The topological polar surface area (TPSA) is 55.4 Å². The summed E-state index contributed by atoms with van der Waals surface area (Å²) in [5.41, 5.74) is 0.923. The Hall–Kier alpha value is -1.84. The van der Waals surface area contributed by atoms with Gasteiger partial charge >= 0.3 is 0 Å². The second-order valence-electron chi connectivity index (χ2n) is 3.65. The summed E-state index contributed by atoms with van der Waals surface area (Å²) in [6.07, 6.45) is 0.400. The van der Waals surface area contributed by atoms with E-state index in [9.17, 15) is 9.59 Å². The zero-order valence-electron chi connectivity index (χ0n) is 9.40. The Morgan fingerprint density at radius 3 is 2.50 bits per heavy atom. The number of carbonyl (C=O) groups excluding carboxylic acids is 2. The molecule has 0 heterocycles. The number of hydrogen-bond acceptors (Lipinski definition) is 3. The molecule has 0 fully saturated rings. The van der Waals surface area contributed by atoms with Gasteiger partial charge in [-0.1, -0.05) is 12.1 Å². The first kappa shape index (κ1) is 12.2. The summed E-state index contributed by atoms with van der Waals surface area (Å²) < 4.78 is 5.47. The molecule has 0 aliphatic carbocycles. The molecule has 0 aliphatic heterocycles. The van der Waals surface area contributed by atoms with Crippen LogP contribution in [0.1, 0.15) is 19.4 Å². The van der Waals surface area contributed by atoms with Crippen LogP contribution in [-0.2, 0) is 16.1 Å². The summed E-state index contributed by atoms with van der Waals surface area (Å²) in [4.78, 5) is 20.8. The van der Waals surface area contributed by atoms with Crippen molar-refractivity contribution in [1.82, 2.24) is 5.32 Å². The summed E-state index contributed by atoms with van der Waals surface area (Å²) in [7, 11) is 0. The largest absolute Gasteiger partial charge is 0.491 e. The van der Waals surface area contributed by atoms with E-state index < -0.39 is 5.91 Å². The van der Waals surface area contributed by atoms with E-state index in [-0.39, 0.29) is 12.4 Å². The van der Waals surface area contributed by atoms with Crippen LogP contribution in [0.25, 0.3) is 0 Å². The van der Waals surface area contributed by atoms with Gasteiger partial charge < -0.3 is 10.1 Å². The maximum atomic E-state index is 10.7. The molecule has 0 aliphatic rings. The third-order valence-corrected chi connectivity index (χ3v) is 1.87. The third-order valence-electron chi connectivity index (χ3n) is 1.87. The predicted octanol–water partition coefficient (Wildman–Crippen LogP) is 1.29. The van der Waals surface area contributed by atoms with Crippen molar-refractivity contribution in [1.29, 1.82) is 0 Å². The van der Waals surface area contributed by atoms with Gasteiger partial charge in [-0.15, -0.1) is 0 Å². The van der Waals surface area contributed by atoms with Crippen LogP contribution >= 0.6 is 0 Å². The highest BCUT2D eigenvalue weighted by molar-refractivity contribution is 6.23. The van der Waals surface area contributed by atoms with E-state index in [1.807, 2.05) is 38.1 Å². The Kier molecular flexibility index (Phi) is 4.51. The first-order valence-electron chi connectivity index (χ1n) is 5.10. The normalized spacial score (nSPS) is 9.94. The number of nitrogens with one attached hydrogen (secondary N) is 1. The van der Waals surface area contributed by atoms with Crippen LogP contribution in [0.4, 0.5) is 0 Å². The lowest BCUT2D eigenvalue weighted by Gasteiger charge is -2.10. The number of amides is 1. The lowest BCUT2D eigenvalue weighted by Crippen LogP contribution is -2.23. The van der Waals surface area contributed by atoms with Crippen LogP contribution in [0.5, 0.6) is 5.75 Å². The molecule has 0 radical (unpaired) electrons. The van der Waals surface area contributed by atoms with Crippen LogP contribution < -0.4 is 10.1 Å². The number of hydrogen-bond donors (Lipinski definition) is 1. The third kappa shape index (κ3) is 4.13. The highest BCUT2D eigenvalue weighted by Gasteiger charge is 2.00. The van der Waals surface area contributed by atoms with E-state index in [1.54, 1.807) is 0 Å². The summed E-state index contributed by atoms with van der Waals surface area (Å²) >= 11 is 0. The van der Waals surface area contributed by atoms with Gasteiger partial charge in [0.05, 0.1) is 6.10 Å². The SMILES string of the molecule is CC(C)Oc1ccc(CNC(=O)C=O)cc1. The number of carbonyl (C=O) groups is 2. The number of rotatable bonds is 5. The lowest BCUT2D eigenvalue weighted by molar-refractivity contribution is -0.131. The Morgan fingerprint density at radius 1 is 1.38 bits per heavy atom. The Labute approximate surface area is 94.6 Å². The average molecular weight is 221 g/mol. The van der Waals surface area contributed by atoms with Crippen molar-refractivity contribution in [3.63, 3.8) is 0 Å². The minimum atomic E-state index is -0.609. The van der Waals surface area contributed by atoms with Gasteiger partial charge in [0.1, 0.15) is 5.75 Å². The molecule has 16 heavy (non-hydrogen) atoms. The Bertz CT molecular complexity index is 357. The van der Waals surface area contributed by atoms with Gasteiger partial charge in [0.2, 0.25) is 6.29 Å². The van der Waals surface area contributed by atoms with E-state index in [2.05, 4.69) is 5.32 Å². The van der Waals surface area contributed by atoms with Crippen LogP contribution in [0, 0.1) is 0 Å². The van der Waals surface area contributed by atoms with Gasteiger partial charge in [0, 0.05) is 6.54 Å². The van der Waals surface area contributed by atoms with Crippen molar-refractivity contribution in [2.45, 2.75) is 26.5 Å². The first-order valence-corrected chi connectivity index (χ1v) is 5.10. The molecule has 1 aromatic rings. The molecule has 0 bridgehead atoms. The predicted molar refractivity (Wildman–Crippen MR) is 60.1 cm³/mol. The minimum Gasteiger partial charge on any atom is -0.491 e. The van der Waals surface area contributed by atoms with Crippen molar-refractivity contribution < 1.29 is 14.3 Å². The molecule has 1 amide bonds. The van der Waals surface area contributed by atoms with Gasteiger partial charge in [-0.3, -0.25) is 9.59 Å². The zero-order valence-corrected chi connectivity index (χ0v) is 9.40. The standard InChI is InChI=1S/C12H15NO3/c1-9(2)16-11-5-3-10(4-6-11)7-13-12(15)8-14/h3-6,8-9H,7H2,1-2H3,(H,13,15). The number of aldehydes is 1. The van der Waals surface area contributed by atoms with E-state index in [0.717, 1.165) is 11.3 Å². The first-order chi connectivity index (χ1) is 7.61. The maximum Gasteiger partial charge on any atom is 0.284 e. The molecule has 1 N–H and O–H groups in total. The average Bonchev–Trinajstić information content (AvgIpc) is 2.27. The van der Waals surface area contributed by atoms with Gasteiger partial charge in [-0.25, -0.2) is 0 Å². The molecule has 0 saturated carbocycles. The van der Waals surface area contributed by atoms with Crippen molar-refractivity contribution in [2.75, 3.05) is 0 Å². The molecular weight excluding hydrogens is 206 g/mol. The highest BCUT2D eigenvalue weighted by Crippen LogP contribution is 2.13. The second kappa shape index (κ2) is 5.90. The molecule has 0 saturated heterocycles. The molecule has 4 heteroatoms. The quantitative estimate of drug-likeness (QED) is 0.602. The summed E-state index contributed by atoms with van der Waals surface area (Å²) in [5, 5.41) is 2.46. The second-order valence-corrected chi connectivity index (χ2v) is 3.65. The van der Waals surface area contributed by atoms with Crippen LogP contribution in [0.2, 0.25) is 0 Å². The van der Waals surface area contributed by atoms with Crippen LogP contribution in [-0.4, -0.2) is 18.3 Å². The van der Waals surface area contributed by atoms with Gasteiger partial charge in [0.25, 0.3) is 5.91 Å². The van der Waals surface area contributed by atoms with Crippen LogP contribution in [0.15, 0.2) is 24.3 Å². The minimum absolute atomic E-state index is 0.139. The van der Waals surface area contributed by atoms with Crippen molar-refractivity contribution in [2.24, 2.45) is 0 Å². The van der Waals surface area contributed by atoms with E-state index in [1.165, 1.54) is 0 Å². The van der Waals surface area contributed by atoms with E-state index in [4.69, 9.17) is 4.74 Å². The summed E-state index contributed by atoms with van der Waals surface area (Å²) in [6.45, 7) is 4.26. The highest BCUT2D eigenvalue weighted by atomic mass is 16.5. The Morgan fingerprint density at radius 2 is 2.00 bits per heavy atom. The zero-order chi connectivity index (χ0) is 12.0. The van der Waals surface area contributed by atoms with Gasteiger partial charge in [0.15, 0.2) is 0 Å². The van der Waals surface area contributed by atoms with Gasteiger partial charge in [-0.2, -0.15) is 0 Å². The molecule has 4 nitrogen and oxygen atoms in total. The van der Waals surface area contributed by atoms with E-state index in [0.29, 0.717) is 6.54 Å². The van der Waals surface area contributed by atoms with Crippen molar-refractivity contribution >= 4 is 12.2 Å². The smallest absolute Gasteiger partial charge is 0.284 e. The molecule has 1 rings (SSSR count). The summed E-state index contributed by atoms with van der Waals surface area (Å²) in [6, 6.07) is 7.37. The number of benzene rings is 1. The van der Waals surface area contributed by atoms with Gasteiger partial charge in [-0.05, 0) is 31.5 Å². The molecule has 86 valence electrons. The number of ether oxygens (including phenoxy) is 1. The molecule has 1 aromatic carbocycles. The van der Waals surface area contributed by atoms with E-state index >= 15 is 0 Å². The molecule has 0 spiro atoms. The molecule has 0 aromatic heterocycles. The fourth-order valence-corrected chi connectivity index (χ4v) is 1.19. The van der Waals surface area contributed by atoms with Crippen LogP contribution in [0.3, 0.4) is 0 Å². The summed E-state index contributed by atoms with van der Waals surface area (Å²) in [5.74, 6) is 0.183. The monoisotopic (exact) mass is 221 g/mol. The fraction of sp³-hybridized carbons (Fsp3) is 0.333. The molecule has 0 atom stereocenters. The maximum absolute atomic E-state index is 10.7. The molecule has 0 unspecified atom stereocenters.